The molecule has 36 heavy (non-hydrogen) atoms. The summed E-state index contributed by atoms with van der Waals surface area (Å²) in [4.78, 5) is 27.6. The molecule has 0 rings (SSSR count). The second-order valence-corrected chi connectivity index (χ2v) is 11.5. The predicted molar refractivity (Wildman–Crippen MR) is 141 cm³/mol. The van der Waals surface area contributed by atoms with Crippen molar-refractivity contribution in [2.75, 3.05) is 26.4 Å². The third kappa shape index (κ3) is 22.2. The highest BCUT2D eigenvalue weighted by atomic mass is 31.1. The van der Waals surface area contributed by atoms with Gasteiger partial charge in [0.15, 0.2) is 6.10 Å². The van der Waals surface area contributed by atoms with Gasteiger partial charge in [-0.3, -0.25) is 14.2 Å². The Bertz CT molecular complexity index is 578. The van der Waals surface area contributed by atoms with Gasteiger partial charge in [-0.15, -0.1) is 0 Å². The minimum atomic E-state index is -2.84. The highest BCUT2D eigenvalue weighted by Gasteiger charge is 2.17. The first-order chi connectivity index (χ1) is 17.2. The Morgan fingerprint density at radius 3 is 1.94 bits per heavy atom. The maximum atomic E-state index is 12.2. The van der Waals surface area contributed by atoms with E-state index in [0.29, 0.717) is 12.3 Å². The van der Waals surface area contributed by atoms with E-state index in [1.165, 1.54) is 44.9 Å². The molecule has 5 unspecified atom stereocenters. The minimum Gasteiger partial charge on any atom is -0.462 e. The summed E-state index contributed by atoms with van der Waals surface area (Å²) < 4.78 is 30.7. The van der Waals surface area contributed by atoms with Crippen molar-refractivity contribution in [3.05, 3.63) is 0 Å². The number of nitrogens with two attached hydrogens (primary N) is 1. The molecule has 0 saturated carbocycles. The van der Waals surface area contributed by atoms with Crippen molar-refractivity contribution < 1.29 is 37.7 Å². The molecule has 0 radical (unpaired) electrons. The molecule has 0 saturated heterocycles. The van der Waals surface area contributed by atoms with Gasteiger partial charge in [0.1, 0.15) is 13.2 Å². The van der Waals surface area contributed by atoms with E-state index in [2.05, 4.69) is 32.4 Å². The summed E-state index contributed by atoms with van der Waals surface area (Å²) in [5.41, 5.74) is 5.23. The normalized spacial score (nSPS) is 15.8. The van der Waals surface area contributed by atoms with E-state index in [-0.39, 0.29) is 44.7 Å². The van der Waals surface area contributed by atoms with Crippen LogP contribution in [0.2, 0.25) is 0 Å². The van der Waals surface area contributed by atoms with Gasteiger partial charge in [-0.1, -0.05) is 92.4 Å². The summed E-state index contributed by atoms with van der Waals surface area (Å²) in [7, 11) is -2.84. The molecule has 0 aliphatic heterocycles. The SMILES string of the molecule is CC(C)CCCC(C)CCCC(C)CCCC(C)CC(=O)OCC(COO[PH](=O)OCCN)OC=O. The number of rotatable bonds is 25. The Morgan fingerprint density at radius 1 is 0.861 bits per heavy atom. The van der Waals surface area contributed by atoms with Crippen molar-refractivity contribution in [1.29, 1.82) is 0 Å². The average Bonchev–Trinajstić information content (AvgIpc) is 2.80. The summed E-state index contributed by atoms with van der Waals surface area (Å²) in [5, 5.41) is 0. The molecule has 0 aliphatic carbocycles. The molecule has 0 bridgehead atoms. The van der Waals surface area contributed by atoms with Crippen molar-refractivity contribution in [2.45, 2.75) is 105 Å². The molecule has 0 aromatic rings. The third-order valence-electron chi connectivity index (χ3n) is 6.18. The Balaban J connectivity index is 3.96. The van der Waals surface area contributed by atoms with E-state index in [1.807, 2.05) is 6.92 Å². The lowest BCUT2D eigenvalue weighted by atomic mass is 9.91. The Hall–Kier alpha value is -0.990. The highest BCUT2D eigenvalue weighted by Crippen LogP contribution is 2.24. The Labute approximate surface area is 219 Å². The van der Waals surface area contributed by atoms with Gasteiger partial charge in [-0.2, -0.15) is 4.67 Å². The van der Waals surface area contributed by atoms with Gasteiger partial charge in [0, 0.05) is 13.0 Å². The molecule has 0 aromatic heterocycles. The first-order valence-corrected chi connectivity index (χ1v) is 14.8. The largest absolute Gasteiger partial charge is 0.462 e. The third-order valence-corrected chi connectivity index (χ3v) is 6.87. The molecule has 5 atom stereocenters. The fraction of sp³-hybridized carbons (Fsp3) is 0.923. The molecule has 0 heterocycles. The molecule has 9 nitrogen and oxygen atoms in total. The molecule has 0 aliphatic rings. The summed E-state index contributed by atoms with van der Waals surface area (Å²) in [5.74, 6) is 2.17. The van der Waals surface area contributed by atoms with Crippen LogP contribution in [0.1, 0.15) is 98.8 Å². The molecule has 10 heteroatoms. The molecular weight excluding hydrogens is 485 g/mol. The summed E-state index contributed by atoms with van der Waals surface area (Å²) in [6, 6.07) is 0. The van der Waals surface area contributed by atoms with E-state index < -0.39 is 14.4 Å². The van der Waals surface area contributed by atoms with Crippen molar-refractivity contribution in [3.8, 4) is 0 Å². The van der Waals surface area contributed by atoms with Crippen LogP contribution < -0.4 is 5.73 Å². The van der Waals surface area contributed by atoms with Crippen molar-refractivity contribution >= 4 is 20.7 Å². The fourth-order valence-electron chi connectivity index (χ4n) is 3.95. The first kappa shape index (κ1) is 35.0. The van der Waals surface area contributed by atoms with Gasteiger partial charge in [0.05, 0.1) is 6.61 Å². The summed E-state index contributed by atoms with van der Waals surface area (Å²) >= 11 is 0. The van der Waals surface area contributed by atoms with E-state index in [1.54, 1.807) is 0 Å². The second-order valence-electron chi connectivity index (χ2n) is 10.5. The quantitative estimate of drug-likeness (QED) is 0.0502. The van der Waals surface area contributed by atoms with Crippen LogP contribution in [-0.4, -0.2) is 44.9 Å². The van der Waals surface area contributed by atoms with E-state index in [0.717, 1.165) is 24.7 Å². The Morgan fingerprint density at radius 2 is 1.42 bits per heavy atom. The van der Waals surface area contributed by atoms with Crippen LogP contribution in [0.4, 0.5) is 0 Å². The second kappa shape index (κ2) is 23.2. The zero-order valence-corrected chi connectivity index (χ0v) is 24.2. The van der Waals surface area contributed by atoms with Gasteiger partial charge in [-0.05, 0) is 23.7 Å². The highest BCUT2D eigenvalue weighted by molar-refractivity contribution is 7.33. The lowest BCUT2D eigenvalue weighted by molar-refractivity contribution is -0.231. The van der Waals surface area contributed by atoms with Crippen molar-refractivity contribution in [1.82, 2.24) is 0 Å². The van der Waals surface area contributed by atoms with Crippen LogP contribution in [0.3, 0.4) is 0 Å². The predicted octanol–water partition coefficient (Wildman–Crippen LogP) is 5.85. The molecule has 0 amide bonds. The van der Waals surface area contributed by atoms with Crippen molar-refractivity contribution in [3.63, 3.8) is 0 Å². The minimum absolute atomic E-state index is 0.0715. The molecule has 0 aromatic carbocycles. The van der Waals surface area contributed by atoms with Gasteiger partial charge >= 0.3 is 14.2 Å². The number of esters is 1. The molecule has 0 fully saturated rings. The van der Waals surface area contributed by atoms with Crippen LogP contribution in [-0.2, 0) is 37.7 Å². The van der Waals surface area contributed by atoms with Gasteiger partial charge < -0.3 is 19.7 Å². The molecular formula is C26H52NO8P. The van der Waals surface area contributed by atoms with E-state index in [9.17, 15) is 14.2 Å². The summed E-state index contributed by atoms with van der Waals surface area (Å²) in [6.45, 7) is 11.4. The van der Waals surface area contributed by atoms with Gasteiger partial charge in [0.25, 0.3) is 6.47 Å². The molecule has 2 N–H and O–H groups in total. The zero-order valence-electron chi connectivity index (χ0n) is 23.2. The van der Waals surface area contributed by atoms with Gasteiger partial charge in [0.2, 0.25) is 0 Å². The number of carbonyl (C=O) groups excluding carboxylic acids is 2. The van der Waals surface area contributed by atoms with E-state index in [4.69, 9.17) is 24.6 Å². The van der Waals surface area contributed by atoms with Crippen LogP contribution in [0.15, 0.2) is 0 Å². The van der Waals surface area contributed by atoms with Gasteiger partial charge in [-0.25, -0.2) is 4.89 Å². The maximum Gasteiger partial charge on any atom is 0.347 e. The summed E-state index contributed by atoms with van der Waals surface area (Å²) in [6.07, 6.45) is 10.6. The monoisotopic (exact) mass is 537 g/mol. The van der Waals surface area contributed by atoms with Crippen LogP contribution in [0, 0.1) is 23.7 Å². The lowest BCUT2D eigenvalue weighted by Gasteiger charge is -2.17. The van der Waals surface area contributed by atoms with Crippen LogP contribution in [0.5, 0.6) is 0 Å². The number of carbonyl (C=O) groups is 2. The standard InChI is InChI=1S/C26H52NO8P/c1-21(2)9-6-10-22(3)11-7-12-23(4)13-8-14-24(5)17-26(29)31-18-25(32-20-28)19-33-35-36(30)34-16-15-27/h20-25,36H,6-19,27H2,1-5H3. The molecule has 214 valence electrons. The van der Waals surface area contributed by atoms with Crippen LogP contribution >= 0.6 is 8.25 Å². The Kier molecular flexibility index (Phi) is 22.5. The lowest BCUT2D eigenvalue weighted by Crippen LogP contribution is -2.27. The first-order valence-electron chi connectivity index (χ1n) is 13.6. The van der Waals surface area contributed by atoms with E-state index >= 15 is 0 Å². The zero-order chi connectivity index (χ0) is 27.2. The molecule has 0 spiro atoms. The number of ether oxygens (including phenoxy) is 2. The smallest absolute Gasteiger partial charge is 0.347 e. The maximum absolute atomic E-state index is 12.2. The average molecular weight is 538 g/mol. The topological polar surface area (TPSA) is 123 Å². The number of hydrogen-bond acceptors (Lipinski definition) is 9. The fourth-order valence-corrected chi connectivity index (χ4v) is 4.45. The number of hydrogen-bond donors (Lipinski definition) is 1. The van der Waals surface area contributed by atoms with Crippen LogP contribution in [0.25, 0.3) is 0 Å². The van der Waals surface area contributed by atoms with Crippen molar-refractivity contribution in [2.24, 2.45) is 29.4 Å².